The van der Waals surface area contributed by atoms with E-state index in [1.165, 1.54) is 44.7 Å². The van der Waals surface area contributed by atoms with Crippen molar-refractivity contribution < 1.29 is 4.39 Å². The first-order valence-electron chi connectivity index (χ1n) is 7.96. The molecule has 0 aromatic heterocycles. The summed E-state index contributed by atoms with van der Waals surface area (Å²) in [7, 11) is 0. The highest BCUT2D eigenvalue weighted by atomic mass is 19.1. The molecule has 3 heteroatoms. The van der Waals surface area contributed by atoms with Crippen LogP contribution in [0.3, 0.4) is 0 Å². The standard InChI is InChI=1S/C17H27FN2/c1-2-7-14-8-5-6-12-20(14)13-11-17(19)15-9-3-4-10-16(15)18/h3-4,9-10,14,17H,2,5-8,11-13,19H2,1H3. The van der Waals surface area contributed by atoms with Gasteiger partial charge in [-0.3, -0.25) is 0 Å². The van der Waals surface area contributed by atoms with Crippen molar-refractivity contribution in [1.29, 1.82) is 0 Å². The Labute approximate surface area is 122 Å². The molecule has 1 aromatic carbocycles. The molecule has 1 heterocycles. The summed E-state index contributed by atoms with van der Waals surface area (Å²) in [5.41, 5.74) is 6.82. The van der Waals surface area contributed by atoms with E-state index in [0.29, 0.717) is 11.6 Å². The lowest BCUT2D eigenvalue weighted by Gasteiger charge is -2.36. The van der Waals surface area contributed by atoms with Crippen molar-refractivity contribution in [2.24, 2.45) is 5.73 Å². The lowest BCUT2D eigenvalue weighted by atomic mass is 9.97. The molecule has 1 aliphatic rings. The van der Waals surface area contributed by atoms with Gasteiger partial charge in [0.25, 0.3) is 0 Å². The molecule has 1 fully saturated rings. The summed E-state index contributed by atoms with van der Waals surface area (Å²) in [6.07, 6.45) is 7.29. The number of hydrogen-bond donors (Lipinski definition) is 1. The first-order valence-corrected chi connectivity index (χ1v) is 7.96. The summed E-state index contributed by atoms with van der Waals surface area (Å²) in [5, 5.41) is 0. The summed E-state index contributed by atoms with van der Waals surface area (Å²) in [6, 6.07) is 7.39. The van der Waals surface area contributed by atoms with Crippen LogP contribution in [-0.4, -0.2) is 24.0 Å². The minimum absolute atomic E-state index is 0.177. The summed E-state index contributed by atoms with van der Waals surface area (Å²) in [6.45, 7) is 4.41. The molecule has 20 heavy (non-hydrogen) atoms. The Hall–Kier alpha value is -0.930. The van der Waals surface area contributed by atoms with Crippen LogP contribution >= 0.6 is 0 Å². The predicted octanol–water partition coefficient (Wildman–Crippen LogP) is 3.87. The topological polar surface area (TPSA) is 29.3 Å². The highest BCUT2D eigenvalue weighted by molar-refractivity contribution is 5.20. The summed E-state index contributed by atoms with van der Waals surface area (Å²) < 4.78 is 13.7. The van der Waals surface area contributed by atoms with Crippen molar-refractivity contribution >= 4 is 0 Å². The summed E-state index contributed by atoms with van der Waals surface area (Å²) in [4.78, 5) is 2.56. The van der Waals surface area contributed by atoms with Crippen LogP contribution in [0.4, 0.5) is 4.39 Å². The molecular weight excluding hydrogens is 251 g/mol. The third-order valence-corrected chi connectivity index (χ3v) is 4.40. The van der Waals surface area contributed by atoms with Crippen molar-refractivity contribution in [3.8, 4) is 0 Å². The molecule has 2 nitrogen and oxygen atoms in total. The van der Waals surface area contributed by atoms with Gasteiger partial charge in [-0.1, -0.05) is 38.0 Å². The number of hydrogen-bond acceptors (Lipinski definition) is 2. The van der Waals surface area contributed by atoms with Gasteiger partial charge in [-0.2, -0.15) is 0 Å². The maximum atomic E-state index is 13.7. The number of rotatable bonds is 6. The highest BCUT2D eigenvalue weighted by Gasteiger charge is 2.22. The van der Waals surface area contributed by atoms with Gasteiger partial charge in [-0.25, -0.2) is 4.39 Å². The van der Waals surface area contributed by atoms with Crippen LogP contribution in [0.2, 0.25) is 0 Å². The van der Waals surface area contributed by atoms with Crippen molar-refractivity contribution in [2.75, 3.05) is 13.1 Å². The molecule has 2 rings (SSSR count). The molecule has 2 atom stereocenters. The first-order chi connectivity index (χ1) is 9.72. The molecule has 0 bridgehead atoms. The van der Waals surface area contributed by atoms with Gasteiger partial charge in [-0.05, 0) is 38.3 Å². The number of halogens is 1. The minimum Gasteiger partial charge on any atom is -0.324 e. The van der Waals surface area contributed by atoms with Gasteiger partial charge in [0.05, 0.1) is 0 Å². The van der Waals surface area contributed by atoms with Crippen LogP contribution in [-0.2, 0) is 0 Å². The molecule has 0 amide bonds. The van der Waals surface area contributed by atoms with Gasteiger partial charge in [-0.15, -0.1) is 0 Å². The molecule has 0 spiro atoms. The van der Waals surface area contributed by atoms with Gasteiger partial charge < -0.3 is 10.6 Å². The van der Waals surface area contributed by atoms with E-state index in [2.05, 4.69) is 11.8 Å². The smallest absolute Gasteiger partial charge is 0.127 e. The number of likely N-dealkylation sites (tertiary alicyclic amines) is 1. The van der Waals surface area contributed by atoms with Crippen LogP contribution in [0.15, 0.2) is 24.3 Å². The zero-order chi connectivity index (χ0) is 14.4. The molecule has 2 N–H and O–H groups in total. The molecule has 1 aromatic rings. The van der Waals surface area contributed by atoms with E-state index < -0.39 is 0 Å². The Bertz CT molecular complexity index is 406. The monoisotopic (exact) mass is 278 g/mol. The van der Waals surface area contributed by atoms with E-state index in [9.17, 15) is 4.39 Å². The Morgan fingerprint density at radius 1 is 1.35 bits per heavy atom. The quantitative estimate of drug-likeness (QED) is 0.856. The van der Waals surface area contributed by atoms with Crippen molar-refractivity contribution in [1.82, 2.24) is 4.90 Å². The fraction of sp³-hybridized carbons (Fsp3) is 0.647. The van der Waals surface area contributed by atoms with Crippen molar-refractivity contribution in [3.05, 3.63) is 35.6 Å². The van der Waals surface area contributed by atoms with E-state index in [1.807, 2.05) is 6.07 Å². The Morgan fingerprint density at radius 2 is 2.15 bits per heavy atom. The first kappa shape index (κ1) is 15.5. The van der Waals surface area contributed by atoms with Crippen LogP contribution in [0, 0.1) is 5.82 Å². The van der Waals surface area contributed by atoms with Crippen molar-refractivity contribution in [2.45, 2.75) is 57.5 Å². The molecule has 112 valence electrons. The maximum absolute atomic E-state index is 13.7. The second kappa shape index (κ2) is 7.75. The number of benzene rings is 1. The maximum Gasteiger partial charge on any atom is 0.127 e. The van der Waals surface area contributed by atoms with E-state index in [1.54, 1.807) is 12.1 Å². The van der Waals surface area contributed by atoms with E-state index >= 15 is 0 Å². The highest BCUT2D eigenvalue weighted by Crippen LogP contribution is 2.23. The predicted molar refractivity (Wildman–Crippen MR) is 82.1 cm³/mol. The molecule has 2 unspecified atom stereocenters. The molecule has 0 saturated carbocycles. The average Bonchev–Trinajstić information content (AvgIpc) is 2.47. The SMILES string of the molecule is CCCC1CCCCN1CCC(N)c1ccccc1F. The molecule has 1 aliphatic heterocycles. The zero-order valence-electron chi connectivity index (χ0n) is 12.5. The van der Waals surface area contributed by atoms with E-state index in [4.69, 9.17) is 5.73 Å². The fourth-order valence-electron chi connectivity index (χ4n) is 3.25. The Morgan fingerprint density at radius 3 is 2.90 bits per heavy atom. The molecule has 0 radical (unpaired) electrons. The van der Waals surface area contributed by atoms with Gasteiger partial charge in [0.1, 0.15) is 5.82 Å². The molecule has 1 saturated heterocycles. The van der Waals surface area contributed by atoms with Gasteiger partial charge >= 0.3 is 0 Å². The van der Waals surface area contributed by atoms with Crippen molar-refractivity contribution in [3.63, 3.8) is 0 Å². The lowest BCUT2D eigenvalue weighted by molar-refractivity contribution is 0.135. The largest absolute Gasteiger partial charge is 0.324 e. The van der Waals surface area contributed by atoms with Gasteiger partial charge in [0.2, 0.25) is 0 Å². The van der Waals surface area contributed by atoms with Gasteiger partial charge in [0.15, 0.2) is 0 Å². The fourth-order valence-corrected chi connectivity index (χ4v) is 3.25. The minimum atomic E-state index is -0.194. The zero-order valence-corrected chi connectivity index (χ0v) is 12.5. The second-order valence-corrected chi connectivity index (χ2v) is 5.89. The average molecular weight is 278 g/mol. The summed E-state index contributed by atoms with van der Waals surface area (Å²) >= 11 is 0. The van der Waals surface area contributed by atoms with Crippen LogP contribution < -0.4 is 5.73 Å². The third-order valence-electron chi connectivity index (χ3n) is 4.40. The van der Waals surface area contributed by atoms with Crippen LogP contribution in [0.25, 0.3) is 0 Å². The number of piperidine rings is 1. The lowest BCUT2D eigenvalue weighted by Crippen LogP contribution is -2.40. The van der Waals surface area contributed by atoms with E-state index in [0.717, 1.165) is 13.0 Å². The third kappa shape index (κ3) is 4.03. The number of nitrogens with zero attached hydrogens (tertiary/aromatic N) is 1. The van der Waals surface area contributed by atoms with Crippen LogP contribution in [0.1, 0.15) is 57.1 Å². The van der Waals surface area contributed by atoms with E-state index in [-0.39, 0.29) is 11.9 Å². The van der Waals surface area contributed by atoms with Crippen LogP contribution in [0.5, 0.6) is 0 Å². The Kier molecular flexibility index (Phi) is 5.99. The number of nitrogens with two attached hydrogens (primary N) is 1. The molecule has 0 aliphatic carbocycles. The Balaban J connectivity index is 1.88. The molecular formula is C17H27FN2. The van der Waals surface area contributed by atoms with Gasteiger partial charge in [0, 0.05) is 24.2 Å². The second-order valence-electron chi connectivity index (χ2n) is 5.89. The normalized spacial score (nSPS) is 21.9. The summed E-state index contributed by atoms with van der Waals surface area (Å²) in [5.74, 6) is -0.177.